The predicted octanol–water partition coefficient (Wildman–Crippen LogP) is 5.74. The summed E-state index contributed by atoms with van der Waals surface area (Å²) in [4.78, 5) is 44.6. The van der Waals surface area contributed by atoms with Crippen molar-refractivity contribution in [3.05, 3.63) is 131 Å². The average Bonchev–Trinajstić information content (AvgIpc) is 3.30. The number of fused-ring (bicyclic) bond motifs is 2. The molecule has 2 heterocycles. The third-order valence-electron chi connectivity index (χ3n) is 8.79. The molecule has 4 aromatic carbocycles. The molecule has 0 saturated heterocycles. The van der Waals surface area contributed by atoms with Gasteiger partial charge in [-0.15, -0.1) is 0 Å². The summed E-state index contributed by atoms with van der Waals surface area (Å²) in [7, 11) is 0. The van der Waals surface area contributed by atoms with Gasteiger partial charge in [0.05, 0.1) is 24.5 Å². The number of aliphatic hydroxyl groups is 2. The number of halogens is 1. The lowest BCUT2D eigenvalue weighted by Gasteiger charge is -2.29. The Morgan fingerprint density at radius 3 is 2.46 bits per heavy atom. The molecule has 9 nitrogen and oxygen atoms in total. The summed E-state index contributed by atoms with van der Waals surface area (Å²) >= 11 is 6.36. The first kappa shape index (κ1) is 33.0. The van der Waals surface area contributed by atoms with Crippen LogP contribution in [0.4, 0.5) is 17.1 Å². The van der Waals surface area contributed by atoms with E-state index in [0.717, 1.165) is 11.1 Å². The maximum Gasteiger partial charge on any atom is 0.269 e. The molecule has 0 fully saturated rings. The summed E-state index contributed by atoms with van der Waals surface area (Å²) in [6.07, 6.45) is 3.37. The molecule has 0 unspecified atom stereocenters. The van der Waals surface area contributed by atoms with Gasteiger partial charge in [-0.2, -0.15) is 0 Å². The molecular formula is C38H36ClN3O6. The van der Waals surface area contributed by atoms with Crippen LogP contribution in [0.2, 0.25) is 5.02 Å². The van der Waals surface area contributed by atoms with Gasteiger partial charge in [0.1, 0.15) is 5.75 Å². The van der Waals surface area contributed by atoms with Crippen molar-refractivity contribution in [2.75, 3.05) is 29.6 Å². The highest BCUT2D eigenvalue weighted by Crippen LogP contribution is 2.47. The Hall–Kier alpha value is -4.96. The number of hydrogen-bond donors (Lipinski definition) is 2. The summed E-state index contributed by atoms with van der Waals surface area (Å²) in [6.45, 7) is 2.24. The van der Waals surface area contributed by atoms with E-state index in [1.165, 1.54) is 4.90 Å². The predicted molar refractivity (Wildman–Crippen MR) is 184 cm³/mol. The van der Waals surface area contributed by atoms with Crippen molar-refractivity contribution in [2.45, 2.75) is 32.0 Å². The van der Waals surface area contributed by atoms with Gasteiger partial charge in [-0.25, -0.2) is 0 Å². The second-order valence-corrected chi connectivity index (χ2v) is 12.4. The Bertz CT molecular complexity index is 1850. The molecule has 0 aliphatic carbocycles. The largest absolute Gasteiger partial charge is 0.482 e. The molecule has 4 aromatic rings. The van der Waals surface area contributed by atoms with Crippen molar-refractivity contribution in [2.24, 2.45) is 5.92 Å². The molecular weight excluding hydrogens is 630 g/mol. The lowest BCUT2D eigenvalue weighted by atomic mass is 9.83. The number of rotatable bonds is 11. The summed E-state index contributed by atoms with van der Waals surface area (Å²) < 4.78 is 5.57. The van der Waals surface area contributed by atoms with Crippen LogP contribution in [0, 0.1) is 5.92 Å². The minimum atomic E-state index is -1.92. The zero-order valence-corrected chi connectivity index (χ0v) is 27.2. The van der Waals surface area contributed by atoms with Gasteiger partial charge in [0.15, 0.2) is 12.2 Å². The normalized spacial score (nSPS) is 17.7. The van der Waals surface area contributed by atoms with Crippen LogP contribution in [0.5, 0.6) is 5.75 Å². The SMILES string of the molecule is C[C@@H](/C=C/CC(=O)N(CCO)Cc1ccccc1)[C@]1(O)C(=O)N(Cc2ccc(N3C(=O)COc4ccccc43)cc2)c2ccc(Cl)cc21. The number of carbonyl (C=O) groups excluding carboxylic acids is 3. The molecule has 0 aromatic heterocycles. The number of hydrogen-bond acceptors (Lipinski definition) is 6. The van der Waals surface area contributed by atoms with Gasteiger partial charge in [0.2, 0.25) is 5.91 Å². The molecule has 2 atom stereocenters. The third kappa shape index (κ3) is 6.44. The van der Waals surface area contributed by atoms with Crippen molar-refractivity contribution in [3.63, 3.8) is 0 Å². The number of anilines is 3. The minimum Gasteiger partial charge on any atom is -0.482 e. The molecule has 2 aliphatic rings. The Morgan fingerprint density at radius 2 is 1.71 bits per heavy atom. The maximum atomic E-state index is 14.1. The molecule has 10 heteroatoms. The molecule has 246 valence electrons. The number of para-hydroxylation sites is 2. The van der Waals surface area contributed by atoms with E-state index in [2.05, 4.69) is 0 Å². The van der Waals surface area contributed by atoms with Gasteiger partial charge < -0.3 is 24.7 Å². The van der Waals surface area contributed by atoms with Crippen LogP contribution in [-0.2, 0) is 33.1 Å². The molecule has 48 heavy (non-hydrogen) atoms. The topological polar surface area (TPSA) is 111 Å². The van der Waals surface area contributed by atoms with Crippen molar-refractivity contribution in [1.82, 2.24) is 4.90 Å². The smallest absolute Gasteiger partial charge is 0.269 e. The van der Waals surface area contributed by atoms with E-state index in [4.69, 9.17) is 16.3 Å². The summed E-state index contributed by atoms with van der Waals surface area (Å²) in [6, 6.07) is 29.2. The van der Waals surface area contributed by atoms with Crippen LogP contribution in [0.3, 0.4) is 0 Å². The number of benzene rings is 4. The first-order valence-corrected chi connectivity index (χ1v) is 16.2. The van der Waals surface area contributed by atoms with Crippen LogP contribution >= 0.6 is 11.6 Å². The summed E-state index contributed by atoms with van der Waals surface area (Å²) in [5, 5.41) is 22.0. The van der Waals surface area contributed by atoms with Gasteiger partial charge in [-0.3, -0.25) is 19.3 Å². The van der Waals surface area contributed by atoms with Gasteiger partial charge in [0, 0.05) is 41.7 Å². The van der Waals surface area contributed by atoms with Crippen LogP contribution in [0.25, 0.3) is 0 Å². The van der Waals surface area contributed by atoms with Crippen LogP contribution in [-0.4, -0.2) is 52.6 Å². The molecule has 0 spiro atoms. The minimum absolute atomic E-state index is 0.0377. The van der Waals surface area contributed by atoms with Gasteiger partial charge in [-0.1, -0.05) is 85.3 Å². The Balaban J connectivity index is 1.19. The number of aliphatic hydroxyl groups excluding tert-OH is 1. The molecule has 2 N–H and O–H groups in total. The van der Waals surface area contributed by atoms with Gasteiger partial charge in [0.25, 0.3) is 11.8 Å². The first-order chi connectivity index (χ1) is 23.2. The fourth-order valence-corrected chi connectivity index (χ4v) is 6.42. The molecule has 2 aliphatic heterocycles. The van der Waals surface area contributed by atoms with Crippen molar-refractivity contribution in [3.8, 4) is 5.75 Å². The van der Waals surface area contributed by atoms with E-state index < -0.39 is 17.4 Å². The fraction of sp³-hybridized carbons (Fsp3) is 0.237. The third-order valence-corrected chi connectivity index (χ3v) is 9.02. The van der Waals surface area contributed by atoms with E-state index >= 15 is 0 Å². The van der Waals surface area contributed by atoms with Crippen molar-refractivity contribution >= 4 is 46.4 Å². The van der Waals surface area contributed by atoms with Crippen molar-refractivity contribution < 1.29 is 29.3 Å². The second kappa shape index (κ2) is 14.0. The first-order valence-electron chi connectivity index (χ1n) is 15.8. The fourth-order valence-electron chi connectivity index (χ4n) is 6.25. The lowest BCUT2D eigenvalue weighted by molar-refractivity contribution is -0.139. The van der Waals surface area contributed by atoms with Crippen molar-refractivity contribution in [1.29, 1.82) is 0 Å². The quantitative estimate of drug-likeness (QED) is 0.198. The maximum absolute atomic E-state index is 14.1. The zero-order chi connectivity index (χ0) is 33.8. The molecule has 0 saturated carbocycles. The number of carbonyl (C=O) groups is 3. The van der Waals surface area contributed by atoms with Gasteiger partial charge >= 0.3 is 0 Å². The number of amides is 3. The monoisotopic (exact) mass is 665 g/mol. The number of nitrogens with zero attached hydrogens (tertiary/aromatic N) is 3. The van der Waals surface area contributed by atoms with Crippen LogP contribution in [0.1, 0.15) is 30.0 Å². The Kier molecular flexibility index (Phi) is 9.63. The lowest BCUT2D eigenvalue weighted by Crippen LogP contribution is -2.44. The van der Waals surface area contributed by atoms with Crippen LogP contribution < -0.4 is 14.5 Å². The Morgan fingerprint density at radius 1 is 0.979 bits per heavy atom. The molecule has 0 radical (unpaired) electrons. The second-order valence-electron chi connectivity index (χ2n) is 11.9. The van der Waals surface area contributed by atoms with E-state index in [9.17, 15) is 24.6 Å². The highest BCUT2D eigenvalue weighted by molar-refractivity contribution is 6.31. The average molecular weight is 666 g/mol. The van der Waals surface area contributed by atoms with Gasteiger partial charge in [-0.05, 0) is 53.6 Å². The Labute approximate surface area is 284 Å². The highest BCUT2D eigenvalue weighted by Gasteiger charge is 2.52. The molecule has 6 rings (SSSR count). The van der Waals surface area contributed by atoms with Crippen LogP contribution in [0.15, 0.2) is 109 Å². The van der Waals surface area contributed by atoms with E-state index in [1.807, 2.05) is 78.9 Å². The summed E-state index contributed by atoms with van der Waals surface area (Å²) in [5.74, 6) is -0.948. The van der Waals surface area contributed by atoms with E-state index in [-0.39, 0.29) is 44.5 Å². The zero-order valence-electron chi connectivity index (χ0n) is 26.5. The number of ether oxygens (including phenoxy) is 1. The molecule has 3 amide bonds. The molecule has 0 bridgehead atoms. The standard InChI is InChI=1S/C38H36ClN3O6/c1-26(8-7-13-35(44)40(20-21-43)23-27-9-3-2-4-10-27)38(47)31-22-29(39)16-19-32(31)41(37(38)46)24-28-14-17-30(18-15-28)42-33-11-5-6-12-34(33)48-25-36(42)45/h2-12,14-19,22,26,43,47H,13,20-21,23-25H2,1H3/b8-7+/t26-,38+/m0/s1. The highest BCUT2D eigenvalue weighted by atomic mass is 35.5. The summed E-state index contributed by atoms with van der Waals surface area (Å²) in [5.41, 5.74) is 2.09. The van der Waals surface area contributed by atoms with E-state index in [0.29, 0.717) is 39.9 Å². The van der Waals surface area contributed by atoms with E-state index in [1.54, 1.807) is 47.1 Å².